The molecule has 1 aromatic rings. The Kier molecular flexibility index (Phi) is 5.46. The number of hydrogen-bond acceptors (Lipinski definition) is 3. The van der Waals surface area contributed by atoms with E-state index in [1.165, 1.54) is 24.8 Å². The van der Waals surface area contributed by atoms with Crippen molar-refractivity contribution in [3.05, 3.63) is 35.9 Å². The fraction of sp³-hybridized carbons (Fsp3) is 0.611. The topological polar surface area (TPSA) is 35.6 Å². The quantitative estimate of drug-likeness (QED) is 0.829. The second kappa shape index (κ2) is 7.75. The molecule has 2 fully saturated rings. The maximum atomic E-state index is 11.8. The Bertz CT molecular complexity index is 464. The van der Waals surface area contributed by atoms with Gasteiger partial charge in [0.15, 0.2) is 0 Å². The highest BCUT2D eigenvalue weighted by Gasteiger charge is 2.25. The van der Waals surface area contributed by atoms with Crippen LogP contribution in [-0.4, -0.2) is 61.0 Å². The van der Waals surface area contributed by atoms with E-state index in [2.05, 4.69) is 45.4 Å². The molecule has 1 aliphatic carbocycles. The van der Waals surface area contributed by atoms with Crippen LogP contribution in [0.2, 0.25) is 0 Å². The first-order chi connectivity index (χ1) is 10.8. The Morgan fingerprint density at radius 2 is 1.73 bits per heavy atom. The van der Waals surface area contributed by atoms with Gasteiger partial charge in [-0.25, -0.2) is 0 Å². The number of nitrogens with one attached hydrogen (secondary N) is 1. The van der Waals surface area contributed by atoms with Crippen LogP contribution in [0.1, 0.15) is 24.8 Å². The van der Waals surface area contributed by atoms with Gasteiger partial charge in [0.1, 0.15) is 0 Å². The molecular formula is C18H27N3O. The van der Waals surface area contributed by atoms with E-state index >= 15 is 0 Å². The van der Waals surface area contributed by atoms with Crippen LogP contribution in [-0.2, 0) is 11.2 Å². The van der Waals surface area contributed by atoms with Gasteiger partial charge in [-0.2, -0.15) is 0 Å². The van der Waals surface area contributed by atoms with Crippen molar-refractivity contribution in [2.75, 3.05) is 39.3 Å². The maximum absolute atomic E-state index is 11.8. The third-order valence-electron chi connectivity index (χ3n) is 4.56. The van der Waals surface area contributed by atoms with Crippen molar-refractivity contribution in [3.63, 3.8) is 0 Å². The maximum Gasteiger partial charge on any atom is 0.234 e. The summed E-state index contributed by atoms with van der Waals surface area (Å²) in [6, 6.07) is 11.2. The number of carbonyl (C=O) groups excluding carboxylic acids is 1. The smallest absolute Gasteiger partial charge is 0.234 e. The van der Waals surface area contributed by atoms with E-state index in [-0.39, 0.29) is 5.91 Å². The molecule has 0 unspecified atom stereocenters. The number of carbonyl (C=O) groups is 1. The largest absolute Gasteiger partial charge is 0.352 e. The fourth-order valence-corrected chi connectivity index (χ4v) is 3.03. The number of amides is 1. The molecule has 22 heavy (non-hydrogen) atoms. The van der Waals surface area contributed by atoms with Gasteiger partial charge in [0, 0.05) is 32.2 Å². The van der Waals surface area contributed by atoms with Gasteiger partial charge < -0.3 is 10.2 Å². The summed E-state index contributed by atoms with van der Waals surface area (Å²) in [6.45, 7) is 5.95. The van der Waals surface area contributed by atoms with Crippen LogP contribution in [0.3, 0.4) is 0 Å². The highest BCUT2D eigenvalue weighted by molar-refractivity contribution is 5.78. The molecule has 0 aromatic heterocycles. The summed E-state index contributed by atoms with van der Waals surface area (Å²) in [6.07, 6.45) is 4.71. The van der Waals surface area contributed by atoms with Gasteiger partial charge >= 0.3 is 0 Å². The van der Waals surface area contributed by atoms with Crippen LogP contribution in [0.5, 0.6) is 0 Å². The van der Waals surface area contributed by atoms with E-state index in [4.69, 9.17) is 0 Å². The summed E-state index contributed by atoms with van der Waals surface area (Å²) in [4.78, 5) is 16.6. The van der Waals surface area contributed by atoms with Crippen LogP contribution in [0.25, 0.3) is 0 Å². The van der Waals surface area contributed by atoms with Gasteiger partial charge in [0.25, 0.3) is 0 Å². The summed E-state index contributed by atoms with van der Waals surface area (Å²) >= 11 is 0. The molecule has 1 heterocycles. The van der Waals surface area contributed by atoms with Gasteiger partial charge in [-0.05, 0) is 37.8 Å². The number of benzene rings is 1. The molecule has 120 valence electrons. The zero-order chi connectivity index (χ0) is 15.2. The van der Waals surface area contributed by atoms with Crippen molar-refractivity contribution in [2.24, 2.45) is 0 Å². The first kappa shape index (κ1) is 15.5. The third kappa shape index (κ3) is 5.11. The molecule has 1 aromatic carbocycles. The van der Waals surface area contributed by atoms with Gasteiger partial charge in [-0.15, -0.1) is 0 Å². The number of rotatable bonds is 7. The van der Waals surface area contributed by atoms with Crippen LogP contribution < -0.4 is 5.32 Å². The van der Waals surface area contributed by atoms with E-state index in [1.807, 2.05) is 0 Å². The van der Waals surface area contributed by atoms with Crippen LogP contribution >= 0.6 is 0 Å². The number of aryl methyl sites for hydroxylation is 1. The summed E-state index contributed by atoms with van der Waals surface area (Å²) < 4.78 is 0. The average molecular weight is 301 g/mol. The van der Waals surface area contributed by atoms with Crippen LogP contribution in [0, 0.1) is 0 Å². The molecule has 1 N–H and O–H groups in total. The van der Waals surface area contributed by atoms with Crippen LogP contribution in [0.15, 0.2) is 30.3 Å². The Hall–Kier alpha value is -1.39. The molecule has 1 saturated heterocycles. The summed E-state index contributed by atoms with van der Waals surface area (Å²) in [5, 5.41) is 3.07. The van der Waals surface area contributed by atoms with Gasteiger partial charge in [-0.1, -0.05) is 30.3 Å². The van der Waals surface area contributed by atoms with Crippen molar-refractivity contribution < 1.29 is 4.79 Å². The summed E-state index contributed by atoms with van der Waals surface area (Å²) in [5.74, 6) is 0.208. The number of piperazine rings is 1. The Labute approximate surface area is 133 Å². The molecule has 1 amide bonds. The second-order valence-electron chi connectivity index (χ2n) is 6.55. The molecular weight excluding hydrogens is 274 g/mol. The highest BCUT2D eigenvalue weighted by atomic mass is 16.2. The van der Waals surface area contributed by atoms with E-state index in [1.54, 1.807) is 0 Å². The van der Waals surface area contributed by atoms with Crippen molar-refractivity contribution >= 4 is 5.91 Å². The predicted octanol–water partition coefficient (Wildman–Crippen LogP) is 1.52. The van der Waals surface area contributed by atoms with Crippen LogP contribution in [0.4, 0.5) is 0 Å². The standard InChI is InChI=1S/C18H27N3O/c22-18(19-17-8-9-17)15-21-13-11-20(12-14-21)10-4-7-16-5-2-1-3-6-16/h1-3,5-6,17H,4,7-15H2,(H,19,22). The molecule has 3 rings (SSSR count). The molecule has 0 radical (unpaired) electrons. The van der Waals surface area contributed by atoms with Gasteiger partial charge in [0.05, 0.1) is 6.54 Å². The Morgan fingerprint density at radius 1 is 1.05 bits per heavy atom. The summed E-state index contributed by atoms with van der Waals surface area (Å²) in [7, 11) is 0. The number of hydrogen-bond donors (Lipinski definition) is 1. The third-order valence-corrected chi connectivity index (χ3v) is 4.56. The van der Waals surface area contributed by atoms with Crippen molar-refractivity contribution in [1.29, 1.82) is 0 Å². The fourth-order valence-electron chi connectivity index (χ4n) is 3.03. The lowest BCUT2D eigenvalue weighted by Crippen LogP contribution is -2.49. The lowest BCUT2D eigenvalue weighted by molar-refractivity contribution is -0.122. The van der Waals surface area contributed by atoms with E-state index in [0.717, 1.165) is 39.1 Å². The van der Waals surface area contributed by atoms with Gasteiger partial charge in [-0.3, -0.25) is 9.69 Å². The monoisotopic (exact) mass is 301 g/mol. The first-order valence-corrected chi connectivity index (χ1v) is 8.57. The zero-order valence-corrected chi connectivity index (χ0v) is 13.3. The Balaban J connectivity index is 1.29. The van der Waals surface area contributed by atoms with E-state index in [0.29, 0.717) is 12.6 Å². The summed E-state index contributed by atoms with van der Waals surface area (Å²) in [5.41, 5.74) is 1.43. The lowest BCUT2D eigenvalue weighted by Gasteiger charge is -2.34. The number of nitrogens with zero attached hydrogens (tertiary/aromatic N) is 2. The molecule has 4 heteroatoms. The zero-order valence-electron chi connectivity index (χ0n) is 13.3. The SMILES string of the molecule is O=C(CN1CCN(CCCc2ccccc2)CC1)NC1CC1. The molecule has 1 aliphatic heterocycles. The molecule has 4 nitrogen and oxygen atoms in total. The minimum atomic E-state index is 0.208. The molecule has 0 atom stereocenters. The Morgan fingerprint density at radius 3 is 2.41 bits per heavy atom. The normalized spacial score (nSPS) is 20.0. The molecule has 1 saturated carbocycles. The molecule has 0 spiro atoms. The minimum Gasteiger partial charge on any atom is -0.352 e. The molecule has 2 aliphatic rings. The van der Waals surface area contributed by atoms with E-state index < -0.39 is 0 Å². The predicted molar refractivity (Wildman–Crippen MR) is 88.8 cm³/mol. The van der Waals surface area contributed by atoms with Crippen molar-refractivity contribution in [3.8, 4) is 0 Å². The first-order valence-electron chi connectivity index (χ1n) is 8.57. The van der Waals surface area contributed by atoms with Crippen molar-refractivity contribution in [1.82, 2.24) is 15.1 Å². The van der Waals surface area contributed by atoms with Crippen molar-refractivity contribution in [2.45, 2.75) is 31.7 Å². The van der Waals surface area contributed by atoms with Gasteiger partial charge in [0.2, 0.25) is 5.91 Å². The second-order valence-corrected chi connectivity index (χ2v) is 6.55. The minimum absolute atomic E-state index is 0.208. The average Bonchev–Trinajstić information content (AvgIpc) is 3.34. The lowest BCUT2D eigenvalue weighted by atomic mass is 10.1. The highest BCUT2D eigenvalue weighted by Crippen LogP contribution is 2.18. The molecule has 0 bridgehead atoms. The van der Waals surface area contributed by atoms with E-state index in [9.17, 15) is 4.79 Å².